The summed E-state index contributed by atoms with van der Waals surface area (Å²) in [7, 11) is 1.60. The molecule has 1 aromatic carbocycles. The van der Waals surface area contributed by atoms with Crippen LogP contribution in [0, 0.1) is 5.82 Å². The van der Waals surface area contributed by atoms with E-state index in [-0.39, 0.29) is 24.0 Å². The maximum atomic E-state index is 13.5. The molecule has 20 heavy (non-hydrogen) atoms. The Morgan fingerprint density at radius 3 is 2.70 bits per heavy atom. The number of carbonyl (C=O) groups is 1. The Balaban J connectivity index is 2.10. The summed E-state index contributed by atoms with van der Waals surface area (Å²) in [6, 6.07) is 9.57. The minimum Gasteiger partial charge on any atom is -0.336 e. The maximum Gasteiger partial charge on any atom is 0.272 e. The maximum absolute atomic E-state index is 13.5. The molecular formula is C14H15FN4O. The number of halogens is 1. The van der Waals surface area contributed by atoms with Gasteiger partial charge in [-0.15, -0.1) is 0 Å². The summed E-state index contributed by atoms with van der Waals surface area (Å²) in [5, 5.41) is 0. The van der Waals surface area contributed by atoms with Crippen molar-refractivity contribution in [2.45, 2.75) is 6.54 Å². The van der Waals surface area contributed by atoms with Crippen LogP contribution in [-0.4, -0.2) is 22.8 Å². The lowest BCUT2D eigenvalue weighted by Crippen LogP contribution is -2.27. The van der Waals surface area contributed by atoms with Crippen molar-refractivity contribution in [1.29, 1.82) is 0 Å². The van der Waals surface area contributed by atoms with E-state index in [1.165, 1.54) is 17.2 Å². The standard InChI is InChI=1S/C14H15FN4O/c1-19(9-10-4-2-3-5-12(10)15)14(20)13-7-6-11(18-16)8-17-13/h2-8,18H,9,16H2,1H3. The lowest BCUT2D eigenvalue weighted by Gasteiger charge is -2.17. The highest BCUT2D eigenvalue weighted by Gasteiger charge is 2.14. The minimum absolute atomic E-state index is 0.185. The van der Waals surface area contributed by atoms with Gasteiger partial charge in [0.2, 0.25) is 0 Å². The number of benzene rings is 1. The molecule has 5 nitrogen and oxygen atoms in total. The lowest BCUT2D eigenvalue weighted by atomic mass is 10.2. The van der Waals surface area contributed by atoms with Crippen LogP contribution >= 0.6 is 0 Å². The van der Waals surface area contributed by atoms with Crippen LogP contribution in [0.4, 0.5) is 10.1 Å². The monoisotopic (exact) mass is 274 g/mol. The van der Waals surface area contributed by atoms with Gasteiger partial charge in [0.1, 0.15) is 11.5 Å². The first-order valence-corrected chi connectivity index (χ1v) is 6.03. The number of nitrogens with two attached hydrogens (primary N) is 1. The van der Waals surface area contributed by atoms with E-state index >= 15 is 0 Å². The largest absolute Gasteiger partial charge is 0.336 e. The average Bonchev–Trinajstić information content (AvgIpc) is 2.49. The second-order valence-corrected chi connectivity index (χ2v) is 4.33. The molecule has 0 atom stereocenters. The van der Waals surface area contributed by atoms with Gasteiger partial charge in [-0.2, -0.15) is 0 Å². The van der Waals surface area contributed by atoms with Gasteiger partial charge in [0.15, 0.2) is 0 Å². The summed E-state index contributed by atoms with van der Waals surface area (Å²) in [5.41, 5.74) is 3.78. The van der Waals surface area contributed by atoms with Crippen molar-refractivity contribution in [3.8, 4) is 0 Å². The Labute approximate surface area is 116 Å². The number of nitrogens with zero attached hydrogens (tertiary/aromatic N) is 2. The molecule has 3 N–H and O–H groups in total. The van der Waals surface area contributed by atoms with Gasteiger partial charge in [-0.1, -0.05) is 18.2 Å². The predicted molar refractivity (Wildman–Crippen MR) is 74.2 cm³/mol. The van der Waals surface area contributed by atoms with Crippen LogP contribution in [-0.2, 0) is 6.54 Å². The number of aromatic nitrogens is 1. The van der Waals surface area contributed by atoms with Crippen molar-refractivity contribution in [3.05, 3.63) is 59.7 Å². The van der Waals surface area contributed by atoms with Crippen LogP contribution in [0.2, 0.25) is 0 Å². The van der Waals surface area contributed by atoms with E-state index in [9.17, 15) is 9.18 Å². The summed E-state index contributed by atoms with van der Waals surface area (Å²) in [4.78, 5) is 17.6. The summed E-state index contributed by atoms with van der Waals surface area (Å²) in [5.74, 6) is 4.62. The fourth-order valence-corrected chi connectivity index (χ4v) is 1.76. The smallest absolute Gasteiger partial charge is 0.272 e. The van der Waals surface area contributed by atoms with Gasteiger partial charge in [-0.25, -0.2) is 9.37 Å². The fourth-order valence-electron chi connectivity index (χ4n) is 1.76. The highest BCUT2D eigenvalue weighted by molar-refractivity contribution is 5.92. The highest BCUT2D eigenvalue weighted by Crippen LogP contribution is 2.11. The van der Waals surface area contributed by atoms with Crippen molar-refractivity contribution >= 4 is 11.6 Å². The number of pyridine rings is 1. The van der Waals surface area contributed by atoms with Crippen molar-refractivity contribution in [3.63, 3.8) is 0 Å². The van der Waals surface area contributed by atoms with Gasteiger partial charge in [-0.05, 0) is 18.2 Å². The SMILES string of the molecule is CN(Cc1ccccc1F)C(=O)c1ccc(NN)cn1. The van der Waals surface area contributed by atoms with Crippen LogP contribution in [0.1, 0.15) is 16.1 Å². The second kappa shape index (κ2) is 6.12. The summed E-state index contributed by atoms with van der Waals surface area (Å²) < 4.78 is 13.5. The molecule has 0 fully saturated rings. The molecular weight excluding hydrogens is 259 g/mol. The third-order valence-electron chi connectivity index (χ3n) is 2.86. The van der Waals surface area contributed by atoms with Crippen molar-refractivity contribution in [2.75, 3.05) is 12.5 Å². The van der Waals surface area contributed by atoms with E-state index in [0.717, 1.165) is 0 Å². The molecule has 1 amide bonds. The van der Waals surface area contributed by atoms with Gasteiger partial charge in [0.05, 0.1) is 11.9 Å². The molecule has 2 aromatic rings. The number of nitrogens with one attached hydrogen (secondary N) is 1. The minimum atomic E-state index is -0.331. The molecule has 0 saturated carbocycles. The number of amides is 1. The number of hydrazine groups is 1. The van der Waals surface area contributed by atoms with Crippen LogP contribution in [0.25, 0.3) is 0 Å². The third kappa shape index (κ3) is 3.10. The van der Waals surface area contributed by atoms with Gasteiger partial charge in [0.25, 0.3) is 5.91 Å². The van der Waals surface area contributed by atoms with E-state index in [1.807, 2.05) is 0 Å². The quantitative estimate of drug-likeness (QED) is 0.658. The summed E-state index contributed by atoms with van der Waals surface area (Å²) in [6.07, 6.45) is 1.46. The van der Waals surface area contributed by atoms with Crippen molar-refractivity contribution in [2.24, 2.45) is 5.84 Å². The first-order chi connectivity index (χ1) is 9.61. The van der Waals surface area contributed by atoms with Gasteiger partial charge in [0, 0.05) is 19.2 Å². The fraction of sp³-hybridized carbons (Fsp3) is 0.143. The Bertz CT molecular complexity index is 600. The van der Waals surface area contributed by atoms with E-state index in [2.05, 4.69) is 10.4 Å². The summed E-state index contributed by atoms with van der Waals surface area (Å²) >= 11 is 0. The molecule has 0 saturated heterocycles. The predicted octanol–water partition coefficient (Wildman–Crippen LogP) is 1.78. The average molecular weight is 274 g/mol. The number of anilines is 1. The molecule has 2 rings (SSSR count). The topological polar surface area (TPSA) is 71.2 Å². The van der Waals surface area contributed by atoms with Gasteiger partial charge in [-0.3, -0.25) is 10.6 Å². The zero-order valence-corrected chi connectivity index (χ0v) is 11.0. The zero-order valence-electron chi connectivity index (χ0n) is 11.0. The lowest BCUT2D eigenvalue weighted by molar-refractivity contribution is 0.0778. The number of rotatable bonds is 4. The molecule has 0 spiro atoms. The third-order valence-corrected chi connectivity index (χ3v) is 2.86. The Kier molecular flexibility index (Phi) is 4.27. The molecule has 1 aromatic heterocycles. The summed E-state index contributed by atoms with van der Waals surface area (Å²) in [6.45, 7) is 0.185. The van der Waals surface area contributed by atoms with Crippen LogP contribution in [0.5, 0.6) is 0 Å². The first-order valence-electron chi connectivity index (χ1n) is 6.03. The van der Waals surface area contributed by atoms with Gasteiger partial charge >= 0.3 is 0 Å². The molecule has 0 bridgehead atoms. The Morgan fingerprint density at radius 2 is 2.10 bits per heavy atom. The highest BCUT2D eigenvalue weighted by atomic mass is 19.1. The number of hydrogen-bond donors (Lipinski definition) is 2. The van der Waals surface area contributed by atoms with E-state index < -0.39 is 0 Å². The normalized spacial score (nSPS) is 10.2. The van der Waals surface area contributed by atoms with E-state index in [4.69, 9.17) is 5.84 Å². The molecule has 0 aliphatic rings. The number of hydrogen-bond acceptors (Lipinski definition) is 4. The number of carbonyl (C=O) groups excluding carboxylic acids is 1. The Morgan fingerprint density at radius 1 is 1.35 bits per heavy atom. The molecule has 0 unspecified atom stereocenters. The van der Waals surface area contributed by atoms with E-state index in [0.29, 0.717) is 11.3 Å². The molecule has 6 heteroatoms. The van der Waals surface area contributed by atoms with Crippen LogP contribution < -0.4 is 11.3 Å². The molecule has 1 heterocycles. The zero-order chi connectivity index (χ0) is 14.5. The molecule has 104 valence electrons. The van der Waals surface area contributed by atoms with Crippen LogP contribution in [0.15, 0.2) is 42.6 Å². The molecule has 0 aliphatic heterocycles. The first kappa shape index (κ1) is 14.0. The van der Waals surface area contributed by atoms with Crippen molar-refractivity contribution < 1.29 is 9.18 Å². The van der Waals surface area contributed by atoms with Crippen molar-refractivity contribution in [1.82, 2.24) is 9.88 Å². The van der Waals surface area contributed by atoms with Crippen LogP contribution in [0.3, 0.4) is 0 Å². The molecule has 0 aliphatic carbocycles. The van der Waals surface area contributed by atoms with Gasteiger partial charge < -0.3 is 10.3 Å². The van der Waals surface area contributed by atoms with E-state index in [1.54, 1.807) is 37.4 Å². The molecule has 0 radical (unpaired) electrons. The Hall–Kier alpha value is -2.47. The number of nitrogen functional groups attached to an aromatic ring is 1. The second-order valence-electron chi connectivity index (χ2n) is 4.33.